The Labute approximate surface area is 98.4 Å². The topological polar surface area (TPSA) is 41.3 Å². The molecule has 0 saturated carbocycles. The zero-order valence-corrected chi connectivity index (χ0v) is 10.3. The summed E-state index contributed by atoms with van der Waals surface area (Å²) >= 11 is 4.80. The molecule has 3 N–H and O–H groups in total. The van der Waals surface area contributed by atoms with Gasteiger partial charge in [0.05, 0.1) is 4.99 Å². The largest absolute Gasteiger partial charge is 0.393 e. The van der Waals surface area contributed by atoms with Gasteiger partial charge in [-0.2, -0.15) is 0 Å². The Morgan fingerprint density at radius 3 is 2.60 bits per heavy atom. The Balaban J connectivity index is 1.78. The molecule has 0 unspecified atom stereocenters. The van der Waals surface area contributed by atoms with Gasteiger partial charge < -0.3 is 16.0 Å². The quantitative estimate of drug-likeness (QED) is 0.483. The van der Waals surface area contributed by atoms with Crippen molar-refractivity contribution in [2.75, 3.05) is 32.7 Å². The fourth-order valence-corrected chi connectivity index (χ4v) is 2.03. The molecule has 0 amide bonds. The van der Waals surface area contributed by atoms with E-state index >= 15 is 0 Å². The first kappa shape index (κ1) is 12.9. The normalized spacial score (nSPS) is 17.1. The fourth-order valence-electron chi connectivity index (χ4n) is 1.93. The van der Waals surface area contributed by atoms with Gasteiger partial charge >= 0.3 is 0 Å². The molecule has 0 spiro atoms. The summed E-state index contributed by atoms with van der Waals surface area (Å²) in [7, 11) is 0. The standard InChI is InChI=1S/C11H23N3S/c12-11(15)5-7-13-6-1-2-8-14-9-3-4-10-14/h13H,1-10H2,(H2,12,15). The van der Waals surface area contributed by atoms with Crippen molar-refractivity contribution < 1.29 is 0 Å². The van der Waals surface area contributed by atoms with Crippen LogP contribution in [0.15, 0.2) is 0 Å². The van der Waals surface area contributed by atoms with Crippen molar-refractivity contribution in [2.24, 2.45) is 5.73 Å². The van der Waals surface area contributed by atoms with Crippen molar-refractivity contribution in [1.29, 1.82) is 0 Å². The molecular formula is C11H23N3S. The number of hydrogen-bond acceptors (Lipinski definition) is 3. The van der Waals surface area contributed by atoms with Crippen molar-refractivity contribution in [3.05, 3.63) is 0 Å². The molecule has 0 radical (unpaired) electrons. The molecule has 0 bridgehead atoms. The van der Waals surface area contributed by atoms with Crippen molar-refractivity contribution in [1.82, 2.24) is 10.2 Å². The van der Waals surface area contributed by atoms with Gasteiger partial charge in [-0.15, -0.1) is 0 Å². The Hall–Kier alpha value is -0.190. The average molecular weight is 229 g/mol. The van der Waals surface area contributed by atoms with Crippen LogP contribution in [0.2, 0.25) is 0 Å². The van der Waals surface area contributed by atoms with Crippen molar-refractivity contribution in [2.45, 2.75) is 32.1 Å². The van der Waals surface area contributed by atoms with E-state index in [0.29, 0.717) is 4.99 Å². The molecule has 1 fully saturated rings. The summed E-state index contributed by atoms with van der Waals surface area (Å²) < 4.78 is 0. The van der Waals surface area contributed by atoms with Gasteiger partial charge in [0.25, 0.3) is 0 Å². The number of hydrogen-bond donors (Lipinski definition) is 2. The second kappa shape index (κ2) is 8.02. The Morgan fingerprint density at radius 2 is 1.93 bits per heavy atom. The Bertz CT molecular complexity index is 179. The van der Waals surface area contributed by atoms with E-state index in [9.17, 15) is 0 Å². The molecule has 4 heteroatoms. The third-order valence-electron chi connectivity index (χ3n) is 2.82. The summed E-state index contributed by atoms with van der Waals surface area (Å²) in [5, 5.41) is 3.36. The highest BCUT2D eigenvalue weighted by Gasteiger charge is 2.09. The maximum absolute atomic E-state index is 5.40. The zero-order chi connectivity index (χ0) is 10.9. The molecule has 1 rings (SSSR count). The molecule has 88 valence electrons. The van der Waals surface area contributed by atoms with Crippen LogP contribution in [0.1, 0.15) is 32.1 Å². The average Bonchev–Trinajstić information content (AvgIpc) is 2.68. The molecule has 0 atom stereocenters. The lowest BCUT2D eigenvalue weighted by atomic mass is 10.3. The van der Waals surface area contributed by atoms with E-state index in [1.165, 1.54) is 45.3 Å². The smallest absolute Gasteiger partial charge is 0.0740 e. The van der Waals surface area contributed by atoms with E-state index in [-0.39, 0.29) is 0 Å². The number of nitrogens with zero attached hydrogens (tertiary/aromatic N) is 1. The number of likely N-dealkylation sites (tertiary alicyclic amines) is 1. The van der Waals surface area contributed by atoms with Crippen LogP contribution < -0.4 is 11.1 Å². The van der Waals surface area contributed by atoms with Crippen LogP contribution in [0.3, 0.4) is 0 Å². The molecular weight excluding hydrogens is 206 g/mol. The molecule has 15 heavy (non-hydrogen) atoms. The summed E-state index contributed by atoms with van der Waals surface area (Å²) in [5.41, 5.74) is 5.40. The summed E-state index contributed by atoms with van der Waals surface area (Å²) in [6, 6.07) is 0. The van der Waals surface area contributed by atoms with Crippen LogP contribution in [-0.4, -0.2) is 42.6 Å². The van der Waals surface area contributed by atoms with E-state index in [4.69, 9.17) is 18.0 Å². The minimum absolute atomic E-state index is 0.611. The highest BCUT2D eigenvalue weighted by atomic mass is 32.1. The van der Waals surface area contributed by atoms with Gasteiger partial charge in [-0.1, -0.05) is 12.2 Å². The number of nitrogens with two attached hydrogens (primary N) is 1. The monoisotopic (exact) mass is 229 g/mol. The van der Waals surface area contributed by atoms with E-state index in [2.05, 4.69) is 10.2 Å². The molecule has 1 aliphatic heterocycles. The van der Waals surface area contributed by atoms with Crippen LogP contribution in [0.4, 0.5) is 0 Å². The van der Waals surface area contributed by atoms with Gasteiger partial charge in [0.2, 0.25) is 0 Å². The molecule has 0 aromatic rings. The third kappa shape index (κ3) is 6.82. The van der Waals surface area contributed by atoms with Gasteiger partial charge in [-0.25, -0.2) is 0 Å². The Kier molecular flexibility index (Phi) is 6.88. The van der Waals surface area contributed by atoms with Gasteiger partial charge in [0, 0.05) is 13.0 Å². The lowest BCUT2D eigenvalue weighted by Crippen LogP contribution is -2.24. The van der Waals surface area contributed by atoms with Gasteiger partial charge in [0.15, 0.2) is 0 Å². The van der Waals surface area contributed by atoms with Gasteiger partial charge in [-0.3, -0.25) is 0 Å². The van der Waals surface area contributed by atoms with E-state index in [1.807, 2.05) is 0 Å². The first-order chi connectivity index (χ1) is 7.29. The lowest BCUT2D eigenvalue weighted by molar-refractivity contribution is 0.329. The number of unbranched alkanes of at least 4 members (excludes halogenated alkanes) is 1. The minimum atomic E-state index is 0.611. The second-order valence-electron chi connectivity index (χ2n) is 4.22. The lowest BCUT2D eigenvalue weighted by Gasteiger charge is -2.13. The van der Waals surface area contributed by atoms with E-state index < -0.39 is 0 Å². The molecule has 0 aliphatic carbocycles. The van der Waals surface area contributed by atoms with E-state index in [0.717, 1.165) is 19.5 Å². The van der Waals surface area contributed by atoms with Crippen LogP contribution in [0, 0.1) is 0 Å². The minimum Gasteiger partial charge on any atom is -0.393 e. The molecule has 1 saturated heterocycles. The second-order valence-corrected chi connectivity index (χ2v) is 4.75. The fraction of sp³-hybridized carbons (Fsp3) is 0.909. The van der Waals surface area contributed by atoms with Crippen LogP contribution >= 0.6 is 12.2 Å². The first-order valence-corrected chi connectivity index (χ1v) is 6.41. The highest BCUT2D eigenvalue weighted by Crippen LogP contribution is 2.07. The number of thiocarbonyl (C=S) groups is 1. The summed E-state index contributed by atoms with van der Waals surface area (Å²) in [4.78, 5) is 3.18. The highest BCUT2D eigenvalue weighted by molar-refractivity contribution is 7.80. The van der Waals surface area contributed by atoms with Crippen molar-refractivity contribution >= 4 is 17.2 Å². The number of rotatable bonds is 8. The van der Waals surface area contributed by atoms with Crippen molar-refractivity contribution in [3.8, 4) is 0 Å². The predicted molar refractivity (Wildman–Crippen MR) is 69.2 cm³/mol. The predicted octanol–water partition coefficient (Wildman–Crippen LogP) is 1.13. The summed E-state index contributed by atoms with van der Waals surface area (Å²) in [5.74, 6) is 0. The maximum atomic E-state index is 5.40. The third-order valence-corrected chi connectivity index (χ3v) is 3.03. The molecule has 3 nitrogen and oxygen atoms in total. The molecule has 1 aliphatic rings. The van der Waals surface area contributed by atoms with Gasteiger partial charge in [-0.05, 0) is 51.9 Å². The maximum Gasteiger partial charge on any atom is 0.0740 e. The van der Waals surface area contributed by atoms with Gasteiger partial charge in [0.1, 0.15) is 0 Å². The van der Waals surface area contributed by atoms with Crippen molar-refractivity contribution in [3.63, 3.8) is 0 Å². The number of nitrogens with one attached hydrogen (secondary N) is 1. The Morgan fingerprint density at radius 1 is 1.20 bits per heavy atom. The van der Waals surface area contributed by atoms with E-state index in [1.54, 1.807) is 0 Å². The zero-order valence-electron chi connectivity index (χ0n) is 9.50. The van der Waals surface area contributed by atoms with Crippen LogP contribution in [-0.2, 0) is 0 Å². The first-order valence-electron chi connectivity index (χ1n) is 6.00. The molecule has 0 aromatic heterocycles. The molecule has 0 aromatic carbocycles. The van der Waals surface area contributed by atoms with Crippen LogP contribution in [0.5, 0.6) is 0 Å². The summed E-state index contributed by atoms with van der Waals surface area (Å²) in [6.45, 7) is 5.93. The SMILES string of the molecule is NC(=S)CCNCCCCN1CCCC1. The molecule has 1 heterocycles. The van der Waals surface area contributed by atoms with Crippen LogP contribution in [0.25, 0.3) is 0 Å². The summed E-state index contributed by atoms with van der Waals surface area (Å²) in [6.07, 6.45) is 6.17.